The van der Waals surface area contributed by atoms with Gasteiger partial charge in [0.1, 0.15) is 5.76 Å². The average Bonchev–Trinajstić information content (AvgIpc) is 3.08. The van der Waals surface area contributed by atoms with E-state index in [1.54, 1.807) is 30.0 Å². The maximum absolute atomic E-state index is 12.1. The average molecular weight is 263 g/mol. The third-order valence-corrected chi connectivity index (χ3v) is 3.10. The number of hydrogen-bond donors (Lipinski definition) is 1. The van der Waals surface area contributed by atoms with Crippen LogP contribution >= 0.6 is 0 Å². The molecule has 1 N–H and O–H groups in total. The van der Waals surface area contributed by atoms with Gasteiger partial charge in [0.15, 0.2) is 0 Å². The number of furan rings is 1. The zero-order chi connectivity index (χ0) is 13.8. The predicted octanol–water partition coefficient (Wildman–Crippen LogP) is 2.00. The number of carbonyl (C=O) groups is 2. The molecule has 0 saturated heterocycles. The summed E-state index contributed by atoms with van der Waals surface area (Å²) in [7, 11) is 0. The molecule has 1 unspecified atom stereocenters. The Morgan fingerprint density at radius 3 is 2.84 bits per heavy atom. The standard InChI is InChI=1S/C14H17NO4/c1-10(14(17)18)9-15(11-4-5-11)13(16)7-6-12-3-2-8-19-12/h2-3,6-8,10-11H,4-5,9H2,1H3,(H,17,18). The van der Waals surface area contributed by atoms with E-state index in [1.165, 1.54) is 12.3 Å². The van der Waals surface area contributed by atoms with Crippen LogP contribution < -0.4 is 0 Å². The molecule has 19 heavy (non-hydrogen) atoms. The zero-order valence-corrected chi connectivity index (χ0v) is 10.8. The number of hydrogen-bond acceptors (Lipinski definition) is 3. The molecule has 0 bridgehead atoms. The Morgan fingerprint density at radius 1 is 1.58 bits per heavy atom. The lowest BCUT2D eigenvalue weighted by Crippen LogP contribution is -2.37. The predicted molar refractivity (Wildman–Crippen MR) is 69.3 cm³/mol. The zero-order valence-electron chi connectivity index (χ0n) is 10.8. The van der Waals surface area contributed by atoms with Gasteiger partial charge >= 0.3 is 5.97 Å². The molecule has 1 aliphatic rings. The van der Waals surface area contributed by atoms with Crippen LogP contribution in [0.15, 0.2) is 28.9 Å². The van der Waals surface area contributed by atoms with E-state index in [0.717, 1.165) is 12.8 Å². The molecule has 1 heterocycles. The summed E-state index contributed by atoms with van der Waals surface area (Å²) in [5.74, 6) is -0.989. The van der Waals surface area contributed by atoms with Crippen LogP contribution in [-0.4, -0.2) is 34.5 Å². The lowest BCUT2D eigenvalue weighted by Gasteiger charge is -2.22. The SMILES string of the molecule is CC(CN(C(=O)C=Cc1ccco1)C1CC1)C(=O)O. The van der Waals surface area contributed by atoms with Gasteiger partial charge in [-0.1, -0.05) is 6.92 Å². The Hall–Kier alpha value is -2.04. The van der Waals surface area contributed by atoms with Gasteiger partial charge in [-0.05, 0) is 31.1 Å². The van der Waals surface area contributed by atoms with E-state index in [-0.39, 0.29) is 18.5 Å². The fourth-order valence-corrected chi connectivity index (χ4v) is 1.81. The van der Waals surface area contributed by atoms with Crippen molar-refractivity contribution in [1.82, 2.24) is 4.90 Å². The minimum atomic E-state index is -0.881. The van der Waals surface area contributed by atoms with E-state index in [1.807, 2.05) is 0 Å². The van der Waals surface area contributed by atoms with Gasteiger partial charge in [-0.15, -0.1) is 0 Å². The summed E-state index contributed by atoms with van der Waals surface area (Å²) in [4.78, 5) is 24.6. The molecule has 0 aromatic carbocycles. The maximum atomic E-state index is 12.1. The third-order valence-electron chi connectivity index (χ3n) is 3.10. The molecule has 1 fully saturated rings. The number of amides is 1. The summed E-state index contributed by atoms with van der Waals surface area (Å²) in [6.45, 7) is 1.86. The number of nitrogens with zero attached hydrogens (tertiary/aromatic N) is 1. The van der Waals surface area contributed by atoms with Gasteiger partial charge in [0.2, 0.25) is 5.91 Å². The highest BCUT2D eigenvalue weighted by Gasteiger charge is 2.33. The van der Waals surface area contributed by atoms with Crippen LogP contribution in [0, 0.1) is 5.92 Å². The van der Waals surface area contributed by atoms with E-state index >= 15 is 0 Å². The van der Waals surface area contributed by atoms with Crippen LogP contribution in [-0.2, 0) is 9.59 Å². The molecular weight excluding hydrogens is 246 g/mol. The summed E-state index contributed by atoms with van der Waals surface area (Å²) >= 11 is 0. The highest BCUT2D eigenvalue weighted by atomic mass is 16.4. The summed E-state index contributed by atoms with van der Waals surface area (Å²) in [6.07, 6.45) is 6.48. The Bertz CT molecular complexity index is 474. The van der Waals surface area contributed by atoms with Gasteiger partial charge in [0, 0.05) is 18.7 Å². The number of aliphatic carboxylic acids is 1. The minimum Gasteiger partial charge on any atom is -0.481 e. The molecule has 0 aliphatic heterocycles. The number of rotatable bonds is 6. The quantitative estimate of drug-likeness (QED) is 0.797. The van der Waals surface area contributed by atoms with Crippen molar-refractivity contribution < 1.29 is 19.1 Å². The van der Waals surface area contributed by atoms with E-state index < -0.39 is 11.9 Å². The van der Waals surface area contributed by atoms with Crippen LogP contribution in [0.2, 0.25) is 0 Å². The van der Waals surface area contributed by atoms with E-state index in [4.69, 9.17) is 9.52 Å². The van der Waals surface area contributed by atoms with E-state index in [2.05, 4.69) is 0 Å². The van der Waals surface area contributed by atoms with Crippen molar-refractivity contribution in [3.05, 3.63) is 30.2 Å². The van der Waals surface area contributed by atoms with Gasteiger partial charge < -0.3 is 14.4 Å². The van der Waals surface area contributed by atoms with Crippen molar-refractivity contribution in [1.29, 1.82) is 0 Å². The second-order valence-electron chi connectivity index (χ2n) is 4.81. The van der Waals surface area contributed by atoms with Crippen molar-refractivity contribution in [3.8, 4) is 0 Å². The molecule has 1 aromatic heterocycles. The van der Waals surface area contributed by atoms with Gasteiger partial charge in [-0.25, -0.2) is 0 Å². The van der Waals surface area contributed by atoms with Crippen LogP contribution in [0.1, 0.15) is 25.5 Å². The largest absolute Gasteiger partial charge is 0.481 e. The fraction of sp³-hybridized carbons (Fsp3) is 0.429. The van der Waals surface area contributed by atoms with Crippen molar-refractivity contribution in [2.75, 3.05) is 6.54 Å². The monoisotopic (exact) mass is 263 g/mol. The number of carbonyl (C=O) groups excluding carboxylic acids is 1. The van der Waals surface area contributed by atoms with Crippen LogP contribution in [0.4, 0.5) is 0 Å². The lowest BCUT2D eigenvalue weighted by atomic mass is 10.1. The van der Waals surface area contributed by atoms with Gasteiger partial charge in [0.25, 0.3) is 0 Å². The van der Waals surface area contributed by atoms with Gasteiger partial charge in [-0.3, -0.25) is 9.59 Å². The Kier molecular flexibility index (Phi) is 4.04. The first-order valence-corrected chi connectivity index (χ1v) is 6.33. The first-order valence-electron chi connectivity index (χ1n) is 6.33. The Balaban J connectivity index is 1.98. The maximum Gasteiger partial charge on any atom is 0.308 e. The molecule has 5 heteroatoms. The number of carboxylic acids is 1. The molecule has 1 aromatic rings. The Labute approximate surface area is 111 Å². The lowest BCUT2D eigenvalue weighted by molar-refractivity contribution is -0.142. The molecule has 5 nitrogen and oxygen atoms in total. The first kappa shape index (κ1) is 13.4. The molecule has 1 atom stereocenters. The highest BCUT2D eigenvalue weighted by Crippen LogP contribution is 2.28. The summed E-state index contributed by atoms with van der Waals surface area (Å²) in [6, 6.07) is 3.69. The smallest absolute Gasteiger partial charge is 0.308 e. The molecule has 2 rings (SSSR count). The van der Waals surface area contributed by atoms with Crippen molar-refractivity contribution in [2.24, 2.45) is 5.92 Å². The molecule has 102 valence electrons. The normalized spacial score (nSPS) is 16.5. The summed E-state index contributed by atoms with van der Waals surface area (Å²) in [5, 5.41) is 8.92. The summed E-state index contributed by atoms with van der Waals surface area (Å²) in [5.41, 5.74) is 0. The molecule has 1 saturated carbocycles. The van der Waals surface area contributed by atoms with E-state index in [9.17, 15) is 9.59 Å². The van der Waals surface area contributed by atoms with Crippen LogP contribution in [0.5, 0.6) is 0 Å². The second-order valence-corrected chi connectivity index (χ2v) is 4.81. The Morgan fingerprint density at radius 2 is 2.32 bits per heavy atom. The van der Waals surface area contributed by atoms with E-state index in [0.29, 0.717) is 5.76 Å². The molecular formula is C14H17NO4. The molecule has 0 spiro atoms. The van der Waals surface area contributed by atoms with Crippen molar-refractivity contribution >= 4 is 18.0 Å². The molecule has 0 radical (unpaired) electrons. The minimum absolute atomic E-state index is 0.160. The van der Waals surface area contributed by atoms with Crippen LogP contribution in [0.25, 0.3) is 6.08 Å². The van der Waals surface area contributed by atoms with Crippen molar-refractivity contribution in [2.45, 2.75) is 25.8 Å². The van der Waals surface area contributed by atoms with Gasteiger partial charge in [0.05, 0.1) is 12.2 Å². The molecule has 1 amide bonds. The fourth-order valence-electron chi connectivity index (χ4n) is 1.81. The molecule has 1 aliphatic carbocycles. The topological polar surface area (TPSA) is 70.8 Å². The van der Waals surface area contributed by atoms with Crippen molar-refractivity contribution in [3.63, 3.8) is 0 Å². The number of carboxylic acid groups (broad SMARTS) is 1. The second kappa shape index (κ2) is 5.73. The first-order chi connectivity index (χ1) is 9.08. The highest BCUT2D eigenvalue weighted by molar-refractivity contribution is 5.92. The van der Waals surface area contributed by atoms with Crippen LogP contribution in [0.3, 0.4) is 0 Å². The third kappa shape index (κ3) is 3.71. The van der Waals surface area contributed by atoms with Gasteiger partial charge in [-0.2, -0.15) is 0 Å². The summed E-state index contributed by atoms with van der Waals surface area (Å²) < 4.78 is 5.11.